The molecule has 0 N–H and O–H groups in total. The molecule has 72 heavy (non-hydrogen) atoms. The SMILES string of the molecule is COc1ccc(OC(=O)c2c(C(=O)Oc3ccc(OC)cc3)c(C(=O)Oc3ccc(OC)cc3)c(C(=O)Oc3ccc(OC)cc3)c(C(=O)Oc3ccc(OC)cc3)c2C(=O)Oc2ccc(OC)cc2)cc1. The minimum atomic E-state index is -1.55. The first kappa shape index (κ1) is 50.0. The Morgan fingerprint density at radius 3 is 0.389 bits per heavy atom. The van der Waals surface area contributed by atoms with Crippen molar-refractivity contribution < 1.29 is 85.6 Å². The van der Waals surface area contributed by atoms with Crippen molar-refractivity contribution in [1.29, 1.82) is 0 Å². The Balaban J connectivity index is 1.60. The van der Waals surface area contributed by atoms with E-state index in [4.69, 9.17) is 56.8 Å². The van der Waals surface area contributed by atoms with Crippen LogP contribution in [0.25, 0.3) is 0 Å². The molecule has 0 aliphatic carbocycles. The van der Waals surface area contributed by atoms with Gasteiger partial charge in [-0.15, -0.1) is 0 Å². The average Bonchev–Trinajstić information content (AvgIpc) is 3.41. The second kappa shape index (κ2) is 23.0. The zero-order chi connectivity index (χ0) is 51.3. The lowest BCUT2D eigenvalue weighted by atomic mass is 9.85. The Labute approximate surface area is 410 Å². The summed E-state index contributed by atoms with van der Waals surface area (Å²) in [5.41, 5.74) is -6.71. The molecular formula is C54H42O18. The lowest BCUT2D eigenvalue weighted by molar-refractivity contribution is 0.0635. The fourth-order valence-electron chi connectivity index (χ4n) is 6.79. The number of hydrogen-bond acceptors (Lipinski definition) is 18. The average molecular weight is 979 g/mol. The molecule has 0 aromatic heterocycles. The highest BCUT2D eigenvalue weighted by Crippen LogP contribution is 2.37. The van der Waals surface area contributed by atoms with Gasteiger partial charge in [0, 0.05) is 0 Å². The minimum Gasteiger partial charge on any atom is -0.497 e. The quantitative estimate of drug-likeness (QED) is 0.0579. The monoisotopic (exact) mass is 978 g/mol. The summed E-state index contributed by atoms with van der Waals surface area (Å²) in [5.74, 6) is -8.24. The molecule has 0 saturated heterocycles. The van der Waals surface area contributed by atoms with Crippen molar-refractivity contribution in [3.05, 3.63) is 179 Å². The van der Waals surface area contributed by atoms with Crippen LogP contribution in [0.2, 0.25) is 0 Å². The molecule has 7 rings (SSSR count). The van der Waals surface area contributed by atoms with E-state index >= 15 is 28.8 Å². The number of esters is 6. The van der Waals surface area contributed by atoms with Gasteiger partial charge in [-0.1, -0.05) is 0 Å². The van der Waals surface area contributed by atoms with Gasteiger partial charge >= 0.3 is 35.8 Å². The standard InChI is InChI=1S/C54H42O18/c1-61-31-7-19-37(20-8-31)67-49(55)43-44(50(56)68-38-21-9-32(62-2)10-22-38)46(52(58)70-40-25-13-34(64-4)14-26-40)48(54(60)72-42-29-17-36(66-6)18-30-42)47(53(59)71-41-27-15-35(65-5)16-28-41)45(43)51(57)69-39-23-11-33(63-3)12-24-39/h7-30H,1-6H3. The van der Waals surface area contributed by atoms with E-state index in [1.54, 1.807) is 0 Å². The molecule has 0 spiro atoms. The third-order valence-corrected chi connectivity index (χ3v) is 10.3. The summed E-state index contributed by atoms with van der Waals surface area (Å²) in [6, 6.07) is 33.1. The molecule has 0 radical (unpaired) electrons. The zero-order valence-electron chi connectivity index (χ0n) is 39.2. The van der Waals surface area contributed by atoms with Gasteiger partial charge in [-0.05, 0) is 146 Å². The molecule has 0 fully saturated rings. The number of hydrogen-bond donors (Lipinski definition) is 0. The van der Waals surface area contributed by atoms with Gasteiger partial charge in [-0.25, -0.2) is 28.8 Å². The van der Waals surface area contributed by atoms with Crippen LogP contribution < -0.4 is 56.8 Å². The maximum atomic E-state index is 15.2. The summed E-state index contributed by atoms with van der Waals surface area (Å²) in [5, 5.41) is 0. The predicted molar refractivity (Wildman–Crippen MR) is 254 cm³/mol. The van der Waals surface area contributed by atoms with Crippen molar-refractivity contribution in [3.63, 3.8) is 0 Å². The van der Waals surface area contributed by atoms with Crippen molar-refractivity contribution in [1.82, 2.24) is 0 Å². The predicted octanol–water partition coefficient (Wildman–Crippen LogP) is 9.05. The van der Waals surface area contributed by atoms with Crippen LogP contribution in [-0.4, -0.2) is 78.5 Å². The van der Waals surface area contributed by atoms with Crippen LogP contribution in [0.5, 0.6) is 69.0 Å². The Morgan fingerprint density at radius 2 is 0.292 bits per heavy atom. The van der Waals surface area contributed by atoms with Crippen molar-refractivity contribution in [3.8, 4) is 69.0 Å². The highest BCUT2D eigenvalue weighted by molar-refractivity contribution is 6.25. The Morgan fingerprint density at radius 1 is 0.194 bits per heavy atom. The fourth-order valence-corrected chi connectivity index (χ4v) is 6.79. The second-order valence-electron chi connectivity index (χ2n) is 14.6. The summed E-state index contributed by atoms with van der Waals surface area (Å²) in [6.45, 7) is 0. The summed E-state index contributed by atoms with van der Waals surface area (Å²) in [7, 11) is 8.43. The van der Waals surface area contributed by atoms with Gasteiger partial charge in [0.1, 0.15) is 69.0 Å². The van der Waals surface area contributed by atoms with E-state index in [0.29, 0.717) is 34.5 Å². The Hall–Kier alpha value is -9.84. The van der Waals surface area contributed by atoms with E-state index in [1.165, 1.54) is 188 Å². The van der Waals surface area contributed by atoms with Crippen LogP contribution in [0.4, 0.5) is 0 Å². The van der Waals surface area contributed by atoms with Gasteiger partial charge in [0.2, 0.25) is 0 Å². The first-order chi connectivity index (χ1) is 34.9. The van der Waals surface area contributed by atoms with Crippen LogP contribution >= 0.6 is 0 Å². The Kier molecular flexibility index (Phi) is 16.0. The molecule has 7 aromatic carbocycles. The molecule has 0 aliphatic heterocycles. The van der Waals surface area contributed by atoms with Crippen LogP contribution in [0.15, 0.2) is 146 Å². The second-order valence-corrected chi connectivity index (χ2v) is 14.6. The molecule has 18 nitrogen and oxygen atoms in total. The molecule has 0 amide bonds. The molecule has 0 atom stereocenters. The van der Waals surface area contributed by atoms with Crippen molar-refractivity contribution in [2.75, 3.05) is 42.7 Å². The molecule has 0 unspecified atom stereocenters. The first-order valence-electron chi connectivity index (χ1n) is 21.3. The van der Waals surface area contributed by atoms with E-state index < -0.39 is 69.2 Å². The lowest BCUT2D eigenvalue weighted by Crippen LogP contribution is -2.34. The molecule has 18 heteroatoms. The maximum Gasteiger partial charge on any atom is 0.345 e. The normalized spacial score (nSPS) is 10.4. The molecule has 7 aromatic rings. The molecule has 0 bridgehead atoms. The van der Waals surface area contributed by atoms with E-state index in [2.05, 4.69) is 0 Å². The topological polar surface area (TPSA) is 213 Å². The highest BCUT2D eigenvalue weighted by Gasteiger charge is 2.44. The zero-order valence-corrected chi connectivity index (χ0v) is 39.2. The number of ether oxygens (including phenoxy) is 12. The van der Waals surface area contributed by atoms with Crippen molar-refractivity contribution in [2.45, 2.75) is 0 Å². The van der Waals surface area contributed by atoms with Crippen LogP contribution in [0.3, 0.4) is 0 Å². The molecule has 366 valence electrons. The van der Waals surface area contributed by atoms with Gasteiger partial charge in [0.25, 0.3) is 0 Å². The molecule has 0 heterocycles. The van der Waals surface area contributed by atoms with Crippen molar-refractivity contribution >= 4 is 35.8 Å². The summed E-state index contributed by atoms with van der Waals surface area (Å²) in [6.07, 6.45) is 0. The van der Waals surface area contributed by atoms with Gasteiger partial charge in [-0.3, -0.25) is 0 Å². The third kappa shape index (κ3) is 11.7. The number of carbonyl (C=O) groups excluding carboxylic acids is 6. The molecular weight excluding hydrogens is 937 g/mol. The van der Waals surface area contributed by atoms with E-state index in [-0.39, 0.29) is 34.5 Å². The van der Waals surface area contributed by atoms with Gasteiger partial charge in [0.15, 0.2) is 0 Å². The van der Waals surface area contributed by atoms with E-state index in [0.717, 1.165) is 0 Å². The fraction of sp³-hybridized carbons (Fsp3) is 0.111. The van der Waals surface area contributed by atoms with E-state index in [9.17, 15) is 0 Å². The summed E-state index contributed by atoms with van der Waals surface area (Å²) in [4.78, 5) is 91.0. The van der Waals surface area contributed by atoms with Crippen LogP contribution in [0, 0.1) is 0 Å². The maximum absolute atomic E-state index is 15.2. The minimum absolute atomic E-state index is 0.183. The largest absolute Gasteiger partial charge is 0.497 e. The number of benzene rings is 7. The van der Waals surface area contributed by atoms with Gasteiger partial charge in [-0.2, -0.15) is 0 Å². The summed E-state index contributed by atoms with van der Waals surface area (Å²) >= 11 is 0. The summed E-state index contributed by atoms with van der Waals surface area (Å²) < 4.78 is 66.4. The van der Waals surface area contributed by atoms with Crippen molar-refractivity contribution in [2.24, 2.45) is 0 Å². The number of rotatable bonds is 18. The van der Waals surface area contributed by atoms with Gasteiger partial charge in [0.05, 0.1) is 76.0 Å². The number of methoxy groups -OCH3 is 6. The van der Waals surface area contributed by atoms with Crippen LogP contribution in [0.1, 0.15) is 62.1 Å². The Bertz CT molecular complexity index is 2530. The van der Waals surface area contributed by atoms with Gasteiger partial charge < -0.3 is 56.8 Å². The highest BCUT2D eigenvalue weighted by atomic mass is 16.6. The van der Waals surface area contributed by atoms with E-state index in [1.807, 2.05) is 0 Å². The molecule has 0 saturated carbocycles. The third-order valence-electron chi connectivity index (χ3n) is 10.3. The lowest BCUT2D eigenvalue weighted by Gasteiger charge is -2.22. The van der Waals surface area contributed by atoms with Crippen LogP contribution in [-0.2, 0) is 0 Å². The number of carbonyl (C=O) groups is 6. The smallest absolute Gasteiger partial charge is 0.345 e. The molecule has 0 aliphatic rings. The first-order valence-corrected chi connectivity index (χ1v) is 21.3.